The molecule has 0 bridgehead atoms. The molecule has 0 unspecified atom stereocenters. The van der Waals surface area contributed by atoms with Crippen molar-refractivity contribution in [3.8, 4) is 5.88 Å². The van der Waals surface area contributed by atoms with Gasteiger partial charge in [-0.05, 0) is 30.9 Å². The Kier molecular flexibility index (Phi) is 4.56. The Morgan fingerprint density at radius 3 is 2.73 bits per heavy atom. The lowest BCUT2D eigenvalue weighted by Gasteiger charge is -2.09. The average molecular weight is 208 g/mol. The summed E-state index contributed by atoms with van der Waals surface area (Å²) >= 11 is 0. The van der Waals surface area contributed by atoms with Crippen LogP contribution < -0.4 is 10.5 Å². The number of nitrogens with zero attached hydrogens (tertiary/aromatic N) is 1. The third-order valence-corrected chi connectivity index (χ3v) is 2.23. The Morgan fingerprint density at radius 2 is 2.13 bits per heavy atom. The van der Waals surface area contributed by atoms with E-state index >= 15 is 0 Å². The number of nitrogens with two attached hydrogens (primary N) is 1. The van der Waals surface area contributed by atoms with Gasteiger partial charge in [0.25, 0.3) is 0 Å². The molecule has 2 N–H and O–H groups in total. The maximum absolute atomic E-state index is 5.78. The monoisotopic (exact) mass is 208 g/mol. The van der Waals surface area contributed by atoms with Crippen molar-refractivity contribution >= 4 is 0 Å². The van der Waals surface area contributed by atoms with E-state index in [9.17, 15) is 0 Å². The van der Waals surface area contributed by atoms with Crippen molar-refractivity contribution in [3.05, 3.63) is 23.9 Å². The van der Waals surface area contributed by atoms with Gasteiger partial charge in [-0.25, -0.2) is 4.98 Å². The van der Waals surface area contributed by atoms with Gasteiger partial charge < -0.3 is 10.5 Å². The second-order valence-electron chi connectivity index (χ2n) is 4.25. The zero-order chi connectivity index (χ0) is 11.3. The van der Waals surface area contributed by atoms with E-state index in [4.69, 9.17) is 10.5 Å². The van der Waals surface area contributed by atoms with E-state index in [1.54, 1.807) is 6.20 Å². The molecule has 0 aromatic carbocycles. The van der Waals surface area contributed by atoms with E-state index in [0.717, 1.165) is 12.0 Å². The maximum Gasteiger partial charge on any atom is 0.213 e. The van der Waals surface area contributed by atoms with Crippen LogP contribution >= 0.6 is 0 Å². The van der Waals surface area contributed by atoms with E-state index in [-0.39, 0.29) is 6.04 Å². The highest BCUT2D eigenvalue weighted by Gasteiger charge is 2.02. The first-order valence-electron chi connectivity index (χ1n) is 5.44. The Hall–Kier alpha value is -1.09. The molecule has 0 saturated heterocycles. The van der Waals surface area contributed by atoms with E-state index in [2.05, 4.69) is 18.8 Å². The fraction of sp³-hybridized carbons (Fsp3) is 0.583. The summed E-state index contributed by atoms with van der Waals surface area (Å²) in [6.07, 6.45) is 2.79. The van der Waals surface area contributed by atoms with Crippen LogP contribution in [-0.2, 0) is 0 Å². The minimum Gasteiger partial charge on any atom is -0.478 e. The van der Waals surface area contributed by atoms with Crippen LogP contribution in [0.3, 0.4) is 0 Å². The van der Waals surface area contributed by atoms with Gasteiger partial charge in [-0.2, -0.15) is 0 Å². The zero-order valence-corrected chi connectivity index (χ0v) is 9.73. The van der Waals surface area contributed by atoms with Crippen molar-refractivity contribution in [2.24, 2.45) is 11.7 Å². The standard InChI is InChI=1S/C12H20N2O/c1-9(2)5-7-15-12-8-11(10(3)13)4-6-14-12/h4,6,8-10H,5,7,13H2,1-3H3/t10-/m1/s1. The van der Waals surface area contributed by atoms with Crippen LogP contribution in [0.15, 0.2) is 18.3 Å². The number of pyridine rings is 1. The molecule has 15 heavy (non-hydrogen) atoms. The molecule has 0 fully saturated rings. The second kappa shape index (κ2) is 5.71. The van der Waals surface area contributed by atoms with E-state index in [0.29, 0.717) is 18.4 Å². The highest BCUT2D eigenvalue weighted by molar-refractivity contribution is 5.22. The van der Waals surface area contributed by atoms with Gasteiger partial charge in [0, 0.05) is 18.3 Å². The number of rotatable bonds is 5. The quantitative estimate of drug-likeness (QED) is 0.808. The topological polar surface area (TPSA) is 48.1 Å². The lowest BCUT2D eigenvalue weighted by molar-refractivity contribution is 0.279. The molecule has 0 aliphatic heterocycles. The summed E-state index contributed by atoms with van der Waals surface area (Å²) in [5, 5.41) is 0. The molecular formula is C12H20N2O. The lowest BCUT2D eigenvalue weighted by atomic mass is 10.1. The average Bonchev–Trinajstić information content (AvgIpc) is 2.17. The molecule has 0 aliphatic carbocycles. The maximum atomic E-state index is 5.78. The molecular weight excluding hydrogens is 188 g/mol. The lowest BCUT2D eigenvalue weighted by Crippen LogP contribution is -2.07. The molecule has 84 valence electrons. The second-order valence-corrected chi connectivity index (χ2v) is 4.25. The van der Waals surface area contributed by atoms with E-state index < -0.39 is 0 Å². The Labute approximate surface area is 91.7 Å². The number of aromatic nitrogens is 1. The molecule has 0 spiro atoms. The fourth-order valence-electron chi connectivity index (χ4n) is 1.19. The van der Waals surface area contributed by atoms with Gasteiger partial charge in [-0.3, -0.25) is 0 Å². The van der Waals surface area contributed by atoms with Crippen LogP contribution in [0.1, 0.15) is 38.8 Å². The van der Waals surface area contributed by atoms with E-state index in [1.807, 2.05) is 19.1 Å². The third-order valence-electron chi connectivity index (χ3n) is 2.23. The molecule has 1 aromatic rings. The molecule has 1 heterocycles. The molecule has 1 rings (SSSR count). The molecule has 1 aromatic heterocycles. The summed E-state index contributed by atoms with van der Waals surface area (Å²) in [5.41, 5.74) is 6.84. The van der Waals surface area contributed by atoms with Crippen LogP contribution in [0.25, 0.3) is 0 Å². The SMILES string of the molecule is CC(C)CCOc1cc([C@@H](C)N)ccn1. The smallest absolute Gasteiger partial charge is 0.213 e. The molecule has 0 aliphatic rings. The van der Waals surface area contributed by atoms with Crippen molar-refractivity contribution in [3.63, 3.8) is 0 Å². The van der Waals surface area contributed by atoms with E-state index in [1.165, 1.54) is 0 Å². The molecule has 3 heteroatoms. The normalized spacial score (nSPS) is 12.9. The van der Waals surface area contributed by atoms with Crippen LogP contribution in [0, 0.1) is 5.92 Å². The highest BCUT2D eigenvalue weighted by atomic mass is 16.5. The summed E-state index contributed by atoms with van der Waals surface area (Å²) in [7, 11) is 0. The molecule has 1 atom stereocenters. The summed E-state index contributed by atoms with van der Waals surface area (Å²) < 4.78 is 5.54. The molecule has 0 saturated carbocycles. The largest absolute Gasteiger partial charge is 0.478 e. The van der Waals surface area contributed by atoms with Gasteiger partial charge in [0.2, 0.25) is 5.88 Å². The molecule has 0 amide bonds. The van der Waals surface area contributed by atoms with Crippen molar-refractivity contribution in [1.82, 2.24) is 4.98 Å². The highest BCUT2D eigenvalue weighted by Crippen LogP contribution is 2.15. The number of hydrogen-bond donors (Lipinski definition) is 1. The van der Waals surface area contributed by atoms with Crippen molar-refractivity contribution < 1.29 is 4.74 Å². The van der Waals surface area contributed by atoms with Crippen molar-refractivity contribution in [2.45, 2.75) is 33.2 Å². The number of hydrogen-bond acceptors (Lipinski definition) is 3. The molecule has 3 nitrogen and oxygen atoms in total. The Balaban J connectivity index is 2.50. The minimum atomic E-state index is 0.0282. The first-order chi connectivity index (χ1) is 7.09. The van der Waals surface area contributed by atoms with Crippen LogP contribution in [0.2, 0.25) is 0 Å². The predicted molar refractivity (Wildman–Crippen MR) is 61.8 cm³/mol. The van der Waals surface area contributed by atoms with Gasteiger partial charge in [-0.15, -0.1) is 0 Å². The van der Waals surface area contributed by atoms with Gasteiger partial charge in [0.05, 0.1) is 6.61 Å². The fourth-order valence-corrected chi connectivity index (χ4v) is 1.19. The number of ether oxygens (including phenoxy) is 1. The van der Waals surface area contributed by atoms with Gasteiger partial charge in [0.15, 0.2) is 0 Å². The Morgan fingerprint density at radius 1 is 1.40 bits per heavy atom. The minimum absolute atomic E-state index is 0.0282. The summed E-state index contributed by atoms with van der Waals surface area (Å²) in [5.74, 6) is 1.33. The van der Waals surface area contributed by atoms with Crippen LogP contribution in [0.4, 0.5) is 0 Å². The van der Waals surface area contributed by atoms with Crippen molar-refractivity contribution in [2.75, 3.05) is 6.61 Å². The first-order valence-corrected chi connectivity index (χ1v) is 5.44. The summed E-state index contributed by atoms with van der Waals surface area (Å²) in [4.78, 5) is 4.14. The van der Waals surface area contributed by atoms with Crippen LogP contribution in [0.5, 0.6) is 5.88 Å². The van der Waals surface area contributed by atoms with Gasteiger partial charge >= 0.3 is 0 Å². The van der Waals surface area contributed by atoms with Gasteiger partial charge in [0.1, 0.15) is 0 Å². The van der Waals surface area contributed by atoms with Crippen molar-refractivity contribution in [1.29, 1.82) is 0 Å². The van der Waals surface area contributed by atoms with Crippen LogP contribution in [-0.4, -0.2) is 11.6 Å². The summed E-state index contributed by atoms with van der Waals surface area (Å²) in [6.45, 7) is 7.02. The third kappa shape index (κ3) is 4.30. The predicted octanol–water partition coefficient (Wildman–Crippen LogP) is 2.53. The zero-order valence-electron chi connectivity index (χ0n) is 9.73. The molecule has 0 radical (unpaired) electrons. The first kappa shape index (κ1) is 12.0. The Bertz CT molecular complexity index is 297. The van der Waals surface area contributed by atoms with Gasteiger partial charge in [-0.1, -0.05) is 13.8 Å². The summed E-state index contributed by atoms with van der Waals surface area (Å²) in [6, 6.07) is 3.85.